The smallest absolute Gasteiger partial charge is 0.126 e. The van der Waals surface area contributed by atoms with Crippen molar-refractivity contribution in [3.8, 4) is 0 Å². The van der Waals surface area contributed by atoms with Gasteiger partial charge in [-0.2, -0.15) is 0 Å². The fourth-order valence-corrected chi connectivity index (χ4v) is 2.84. The zero-order chi connectivity index (χ0) is 14.7. The molecule has 0 bridgehead atoms. The van der Waals surface area contributed by atoms with Gasteiger partial charge < -0.3 is 5.32 Å². The molecule has 2 aromatic carbocycles. The van der Waals surface area contributed by atoms with E-state index in [-0.39, 0.29) is 12.1 Å². The van der Waals surface area contributed by atoms with Crippen LogP contribution in [0.15, 0.2) is 46.9 Å². The monoisotopic (exact) mass is 339 g/mol. The van der Waals surface area contributed by atoms with E-state index in [2.05, 4.69) is 21.2 Å². The number of halogens is 3. The van der Waals surface area contributed by atoms with Gasteiger partial charge in [-0.25, -0.2) is 8.78 Å². The topological polar surface area (TPSA) is 12.0 Å². The highest BCUT2D eigenvalue weighted by Crippen LogP contribution is 2.26. The second kappa shape index (κ2) is 6.46. The Morgan fingerprint density at radius 1 is 0.950 bits per heavy atom. The first-order valence-electron chi connectivity index (χ1n) is 6.44. The molecular weight excluding hydrogens is 324 g/mol. The van der Waals surface area contributed by atoms with Crippen LogP contribution in [-0.2, 0) is 0 Å². The first kappa shape index (κ1) is 15.1. The summed E-state index contributed by atoms with van der Waals surface area (Å²) in [6.07, 6.45) is 0. The van der Waals surface area contributed by atoms with Crippen molar-refractivity contribution < 1.29 is 8.78 Å². The van der Waals surface area contributed by atoms with E-state index in [1.165, 1.54) is 12.1 Å². The molecule has 0 saturated heterocycles. The van der Waals surface area contributed by atoms with E-state index in [9.17, 15) is 8.78 Å². The molecule has 0 saturated carbocycles. The summed E-state index contributed by atoms with van der Waals surface area (Å²) < 4.78 is 27.5. The van der Waals surface area contributed by atoms with Gasteiger partial charge in [-0.3, -0.25) is 0 Å². The molecule has 2 aromatic rings. The van der Waals surface area contributed by atoms with Crippen molar-refractivity contribution in [3.63, 3.8) is 0 Å². The Hall–Kier alpha value is -1.26. The van der Waals surface area contributed by atoms with Gasteiger partial charge in [-0.15, -0.1) is 0 Å². The first-order chi connectivity index (χ1) is 9.47. The highest BCUT2D eigenvalue weighted by Gasteiger charge is 2.14. The van der Waals surface area contributed by atoms with Crippen LogP contribution in [0.2, 0.25) is 0 Å². The predicted molar refractivity (Wildman–Crippen MR) is 80.5 cm³/mol. The van der Waals surface area contributed by atoms with E-state index in [1.807, 2.05) is 38.1 Å². The molecule has 0 aliphatic rings. The highest BCUT2D eigenvalue weighted by atomic mass is 79.9. The Morgan fingerprint density at radius 2 is 1.55 bits per heavy atom. The van der Waals surface area contributed by atoms with Crippen molar-refractivity contribution in [1.29, 1.82) is 0 Å². The molecule has 2 rings (SSSR count). The summed E-state index contributed by atoms with van der Waals surface area (Å²) in [5.74, 6) is -1.11. The summed E-state index contributed by atoms with van der Waals surface area (Å²) in [5.41, 5.74) is 1.71. The van der Waals surface area contributed by atoms with Gasteiger partial charge >= 0.3 is 0 Å². The van der Waals surface area contributed by atoms with Gasteiger partial charge in [0.25, 0.3) is 0 Å². The molecule has 0 aromatic heterocycles. The van der Waals surface area contributed by atoms with Crippen LogP contribution >= 0.6 is 15.9 Å². The molecule has 2 atom stereocenters. The zero-order valence-corrected chi connectivity index (χ0v) is 12.9. The highest BCUT2D eigenvalue weighted by molar-refractivity contribution is 9.10. The number of nitrogens with one attached hydrogen (secondary N) is 1. The van der Waals surface area contributed by atoms with E-state index >= 15 is 0 Å². The fourth-order valence-electron chi connectivity index (χ4n) is 2.21. The van der Waals surface area contributed by atoms with E-state index in [1.54, 1.807) is 0 Å². The molecule has 0 heterocycles. The number of hydrogen-bond acceptors (Lipinski definition) is 1. The summed E-state index contributed by atoms with van der Waals surface area (Å²) in [4.78, 5) is 0. The number of benzene rings is 2. The lowest BCUT2D eigenvalue weighted by Gasteiger charge is -2.21. The third kappa shape index (κ3) is 3.64. The Balaban J connectivity index is 2.15. The zero-order valence-electron chi connectivity index (χ0n) is 11.3. The summed E-state index contributed by atoms with van der Waals surface area (Å²) in [6, 6.07) is 11.4. The van der Waals surface area contributed by atoms with Gasteiger partial charge in [0.05, 0.1) is 0 Å². The average Bonchev–Trinajstić information content (AvgIpc) is 2.37. The Morgan fingerprint density at radius 3 is 2.15 bits per heavy atom. The largest absolute Gasteiger partial charge is 0.304 e. The maximum absolute atomic E-state index is 13.2. The summed E-state index contributed by atoms with van der Waals surface area (Å²) >= 11 is 3.51. The standard InChI is InChI=1S/C16H16BrF2N/c1-10(12-7-13(18)9-14(19)8-12)20-11(2)15-5-3-4-6-16(15)17/h3-11,20H,1-2H3/t10?,11-/m1/s1. The van der Waals surface area contributed by atoms with Gasteiger partial charge in [0.15, 0.2) is 0 Å². The third-order valence-electron chi connectivity index (χ3n) is 3.26. The minimum absolute atomic E-state index is 0.0619. The lowest BCUT2D eigenvalue weighted by Crippen LogP contribution is -2.23. The molecule has 1 unspecified atom stereocenters. The fraction of sp³-hybridized carbons (Fsp3) is 0.250. The summed E-state index contributed by atoms with van der Waals surface area (Å²) in [5, 5.41) is 3.34. The van der Waals surface area contributed by atoms with Crippen molar-refractivity contribution in [2.75, 3.05) is 0 Å². The van der Waals surface area contributed by atoms with E-state index in [0.717, 1.165) is 16.1 Å². The molecule has 1 nitrogen and oxygen atoms in total. The predicted octanol–water partition coefficient (Wildman–Crippen LogP) is 5.14. The summed E-state index contributed by atoms with van der Waals surface area (Å²) in [7, 11) is 0. The lowest BCUT2D eigenvalue weighted by molar-refractivity contribution is 0.486. The van der Waals surface area contributed by atoms with Crippen LogP contribution in [-0.4, -0.2) is 0 Å². The normalized spacial score (nSPS) is 14.1. The van der Waals surface area contributed by atoms with Crippen molar-refractivity contribution in [2.24, 2.45) is 0 Å². The maximum atomic E-state index is 13.2. The van der Waals surface area contributed by atoms with Gasteiger partial charge in [0, 0.05) is 22.6 Å². The van der Waals surface area contributed by atoms with E-state index in [0.29, 0.717) is 5.56 Å². The van der Waals surface area contributed by atoms with Crippen molar-refractivity contribution >= 4 is 15.9 Å². The molecule has 106 valence electrons. The number of hydrogen-bond donors (Lipinski definition) is 1. The molecule has 0 radical (unpaired) electrons. The van der Waals surface area contributed by atoms with E-state index < -0.39 is 11.6 Å². The van der Waals surface area contributed by atoms with Crippen LogP contribution in [0.1, 0.15) is 37.1 Å². The minimum atomic E-state index is -0.554. The maximum Gasteiger partial charge on any atom is 0.126 e. The quantitative estimate of drug-likeness (QED) is 0.813. The third-order valence-corrected chi connectivity index (χ3v) is 3.98. The Labute approximate surface area is 126 Å². The van der Waals surface area contributed by atoms with Gasteiger partial charge in [-0.05, 0) is 43.2 Å². The van der Waals surface area contributed by atoms with Gasteiger partial charge in [-0.1, -0.05) is 34.1 Å². The first-order valence-corrected chi connectivity index (χ1v) is 7.23. The Bertz CT molecular complexity index is 581. The minimum Gasteiger partial charge on any atom is -0.304 e. The van der Waals surface area contributed by atoms with E-state index in [4.69, 9.17) is 0 Å². The van der Waals surface area contributed by atoms with Crippen LogP contribution in [0.4, 0.5) is 8.78 Å². The molecule has 0 aliphatic heterocycles. The second-order valence-corrected chi connectivity index (χ2v) is 5.69. The lowest BCUT2D eigenvalue weighted by atomic mass is 10.0. The molecule has 0 aliphatic carbocycles. The van der Waals surface area contributed by atoms with Crippen LogP contribution in [0.5, 0.6) is 0 Å². The molecule has 20 heavy (non-hydrogen) atoms. The molecular formula is C16H16BrF2N. The molecule has 0 fully saturated rings. The van der Waals surface area contributed by atoms with Gasteiger partial charge in [0.2, 0.25) is 0 Å². The van der Waals surface area contributed by atoms with Gasteiger partial charge in [0.1, 0.15) is 11.6 Å². The molecule has 4 heteroatoms. The molecule has 1 N–H and O–H groups in total. The SMILES string of the molecule is CC(N[C@H](C)c1ccccc1Br)c1cc(F)cc(F)c1. The average molecular weight is 340 g/mol. The molecule has 0 spiro atoms. The second-order valence-electron chi connectivity index (χ2n) is 4.83. The number of rotatable bonds is 4. The van der Waals surface area contributed by atoms with Crippen molar-refractivity contribution in [2.45, 2.75) is 25.9 Å². The van der Waals surface area contributed by atoms with Crippen LogP contribution in [0, 0.1) is 11.6 Å². The van der Waals surface area contributed by atoms with Crippen molar-refractivity contribution in [3.05, 3.63) is 69.7 Å². The van der Waals surface area contributed by atoms with Crippen LogP contribution in [0.25, 0.3) is 0 Å². The van der Waals surface area contributed by atoms with Crippen molar-refractivity contribution in [1.82, 2.24) is 5.32 Å². The summed E-state index contributed by atoms with van der Waals surface area (Å²) in [6.45, 7) is 3.91. The molecule has 0 amide bonds. The Kier molecular flexibility index (Phi) is 4.89. The van der Waals surface area contributed by atoms with Crippen LogP contribution in [0.3, 0.4) is 0 Å². The van der Waals surface area contributed by atoms with Crippen LogP contribution < -0.4 is 5.32 Å².